The summed E-state index contributed by atoms with van der Waals surface area (Å²) in [7, 11) is 2.83. The van der Waals surface area contributed by atoms with E-state index < -0.39 is 65.5 Å². The highest BCUT2D eigenvalue weighted by Crippen LogP contribution is 2.19. The molecule has 4 amide bonds. The Balaban J connectivity index is 0.000000430. The molecule has 2 aromatic rings. The minimum Gasteiger partial charge on any atom is -0.465 e. The number of ether oxygens (including phenoxy) is 8. The number of nitrogens with zero attached hydrogens (tertiary/aromatic N) is 3. The van der Waals surface area contributed by atoms with E-state index in [1.807, 2.05) is 60.7 Å². The monoisotopic (exact) mass is 872 g/mol. The van der Waals surface area contributed by atoms with Crippen molar-refractivity contribution in [1.29, 1.82) is 0 Å². The average molecular weight is 873 g/mol. The number of amides is 4. The van der Waals surface area contributed by atoms with E-state index in [4.69, 9.17) is 37.9 Å². The Hall–Kier alpha value is -5.56. The van der Waals surface area contributed by atoms with Crippen molar-refractivity contribution in [2.24, 2.45) is 0 Å². The molecule has 344 valence electrons. The number of hydrogen-bond donors (Lipinski definition) is 1. The van der Waals surface area contributed by atoms with E-state index in [2.05, 4.69) is 5.32 Å². The van der Waals surface area contributed by atoms with Crippen molar-refractivity contribution in [2.45, 2.75) is 98.2 Å². The van der Waals surface area contributed by atoms with Gasteiger partial charge in [0.25, 0.3) is 5.91 Å². The molecule has 0 saturated carbocycles. The van der Waals surface area contributed by atoms with E-state index >= 15 is 0 Å². The lowest BCUT2D eigenvalue weighted by Gasteiger charge is -2.35. The van der Waals surface area contributed by atoms with Crippen LogP contribution < -0.4 is 5.32 Å². The highest BCUT2D eigenvalue weighted by Gasteiger charge is 2.38. The normalized spacial score (nSPS) is 14.3. The number of methoxy groups -OCH3 is 2. The summed E-state index contributed by atoms with van der Waals surface area (Å²) in [6.45, 7) is 13.8. The van der Waals surface area contributed by atoms with Gasteiger partial charge in [-0.15, -0.1) is 0 Å². The number of hydrogen-bond acceptors (Lipinski definition) is 14. The standard InChI is InChI=1S/C23H36N2O8.C21H28N2O6/c1-7-32-19(26)13-25(14-20(29-5)30-6)21(27)18(24-22(28)33-23(2,3)4)16-31-15-17-11-9-8-10-12-17;1-5-28-18(24)13-22-11-12-23(20(26)29-21(2,3)4)17(19(22)25)15-27-14-16-9-7-6-8-10-16/h8-12,18,20H,7,13-16H2,1-6H3,(H,24,28);6-12,17H,5,13-15H2,1-4H3/t18-;17-/m00/s1. The molecule has 0 saturated heterocycles. The Morgan fingerprint density at radius 1 is 0.742 bits per heavy atom. The molecule has 0 spiro atoms. The van der Waals surface area contributed by atoms with Crippen molar-refractivity contribution >= 4 is 35.9 Å². The third-order valence-corrected chi connectivity index (χ3v) is 8.12. The number of carbonyl (C=O) groups excluding carboxylic acids is 6. The zero-order valence-electron chi connectivity index (χ0n) is 37.6. The fourth-order valence-electron chi connectivity index (χ4n) is 5.37. The van der Waals surface area contributed by atoms with Gasteiger partial charge in [-0.1, -0.05) is 60.7 Å². The van der Waals surface area contributed by atoms with Crippen molar-refractivity contribution in [3.05, 3.63) is 84.2 Å². The second kappa shape index (κ2) is 26.7. The molecular formula is C44H64N4O14. The average Bonchev–Trinajstić information content (AvgIpc) is 3.20. The molecular weight excluding hydrogens is 808 g/mol. The topological polar surface area (TPSA) is 198 Å². The summed E-state index contributed by atoms with van der Waals surface area (Å²) in [6.07, 6.45) is 0.569. The maximum absolute atomic E-state index is 13.4. The second-order valence-corrected chi connectivity index (χ2v) is 15.6. The lowest BCUT2D eigenvalue weighted by Crippen LogP contribution is -2.54. The summed E-state index contributed by atoms with van der Waals surface area (Å²) in [5.74, 6) is -2.14. The molecule has 0 unspecified atom stereocenters. The van der Waals surface area contributed by atoms with Crippen LogP contribution in [-0.2, 0) is 70.3 Å². The number of alkyl carbamates (subject to hydrolysis) is 1. The fraction of sp³-hybridized carbons (Fsp3) is 0.545. The first-order valence-corrected chi connectivity index (χ1v) is 20.2. The molecule has 18 nitrogen and oxygen atoms in total. The quantitative estimate of drug-likeness (QED) is 0.108. The van der Waals surface area contributed by atoms with Crippen LogP contribution in [-0.4, -0.2) is 140 Å². The van der Waals surface area contributed by atoms with E-state index in [1.54, 1.807) is 55.4 Å². The van der Waals surface area contributed by atoms with Gasteiger partial charge in [-0.25, -0.2) is 9.59 Å². The first-order valence-electron chi connectivity index (χ1n) is 20.2. The number of benzene rings is 2. The second-order valence-electron chi connectivity index (χ2n) is 15.6. The molecule has 0 radical (unpaired) electrons. The molecule has 2 atom stereocenters. The van der Waals surface area contributed by atoms with E-state index in [0.29, 0.717) is 0 Å². The van der Waals surface area contributed by atoms with Crippen LogP contribution in [0.5, 0.6) is 0 Å². The Bertz CT molecular complexity index is 1730. The molecule has 0 aliphatic carbocycles. The molecule has 18 heteroatoms. The van der Waals surface area contributed by atoms with Gasteiger partial charge in [-0.05, 0) is 66.5 Å². The van der Waals surface area contributed by atoms with E-state index in [-0.39, 0.29) is 59.3 Å². The third-order valence-electron chi connectivity index (χ3n) is 8.12. The Kier molecular flexibility index (Phi) is 22.6. The van der Waals surface area contributed by atoms with Crippen molar-refractivity contribution in [2.75, 3.05) is 60.3 Å². The van der Waals surface area contributed by atoms with Gasteiger partial charge in [0, 0.05) is 26.6 Å². The number of esters is 2. The van der Waals surface area contributed by atoms with Crippen molar-refractivity contribution < 1.29 is 66.7 Å². The zero-order chi connectivity index (χ0) is 46.3. The molecule has 1 aliphatic heterocycles. The minimum absolute atomic E-state index is 0.0450. The lowest BCUT2D eigenvalue weighted by molar-refractivity contribution is -0.158. The summed E-state index contributed by atoms with van der Waals surface area (Å²) in [5, 5.41) is 2.54. The van der Waals surface area contributed by atoms with Gasteiger partial charge in [0.1, 0.15) is 36.4 Å². The number of carbonyl (C=O) groups is 6. The molecule has 1 N–H and O–H groups in total. The summed E-state index contributed by atoms with van der Waals surface area (Å²) >= 11 is 0. The van der Waals surface area contributed by atoms with Crippen LogP contribution in [0.15, 0.2) is 73.1 Å². The molecule has 0 aromatic heterocycles. The third kappa shape index (κ3) is 20.3. The zero-order valence-corrected chi connectivity index (χ0v) is 37.6. The summed E-state index contributed by atoms with van der Waals surface area (Å²) < 4.78 is 42.3. The SMILES string of the molecule is CCOC(=O)CN(CC(OC)OC)C(=O)[C@H](COCc1ccccc1)NC(=O)OC(C)(C)C.CCOC(=O)CN1C=CN(C(=O)OC(C)(C)C)[C@@H](COCc2ccccc2)C1=O. The first-order chi connectivity index (χ1) is 29.3. The van der Waals surface area contributed by atoms with Crippen LogP contribution in [0.1, 0.15) is 66.5 Å². The Morgan fingerprint density at radius 3 is 1.79 bits per heavy atom. The smallest absolute Gasteiger partial charge is 0.415 e. The van der Waals surface area contributed by atoms with Gasteiger partial charge in [-0.3, -0.25) is 24.1 Å². The molecule has 1 aliphatic rings. The highest BCUT2D eigenvalue weighted by molar-refractivity contribution is 5.91. The molecule has 0 bridgehead atoms. The van der Waals surface area contributed by atoms with Crippen molar-refractivity contribution in [3.8, 4) is 0 Å². The summed E-state index contributed by atoms with van der Waals surface area (Å²) in [4.78, 5) is 78.7. The number of rotatable bonds is 20. The van der Waals surface area contributed by atoms with Crippen LogP contribution in [0.3, 0.4) is 0 Å². The van der Waals surface area contributed by atoms with Gasteiger partial charge in [0.15, 0.2) is 6.29 Å². The minimum atomic E-state index is -1.12. The van der Waals surface area contributed by atoms with Crippen LogP contribution >= 0.6 is 0 Å². The van der Waals surface area contributed by atoms with E-state index in [1.165, 1.54) is 41.3 Å². The molecule has 62 heavy (non-hydrogen) atoms. The predicted octanol–water partition coefficient (Wildman–Crippen LogP) is 4.79. The van der Waals surface area contributed by atoms with Crippen LogP contribution in [0.25, 0.3) is 0 Å². The van der Waals surface area contributed by atoms with Crippen LogP contribution in [0.4, 0.5) is 9.59 Å². The van der Waals surface area contributed by atoms with Gasteiger partial charge >= 0.3 is 24.1 Å². The largest absolute Gasteiger partial charge is 0.465 e. The molecule has 2 aromatic carbocycles. The predicted molar refractivity (Wildman–Crippen MR) is 226 cm³/mol. The molecule has 3 rings (SSSR count). The highest BCUT2D eigenvalue weighted by atomic mass is 16.7. The van der Waals surface area contributed by atoms with E-state index in [9.17, 15) is 28.8 Å². The fourth-order valence-corrected chi connectivity index (χ4v) is 5.37. The van der Waals surface area contributed by atoms with E-state index in [0.717, 1.165) is 11.1 Å². The molecule has 1 heterocycles. The van der Waals surface area contributed by atoms with Gasteiger partial charge in [-0.2, -0.15) is 0 Å². The summed E-state index contributed by atoms with van der Waals surface area (Å²) in [5.41, 5.74) is 0.372. The van der Waals surface area contributed by atoms with Crippen LogP contribution in [0.2, 0.25) is 0 Å². The lowest BCUT2D eigenvalue weighted by atomic mass is 10.2. The van der Waals surface area contributed by atoms with Crippen molar-refractivity contribution in [3.63, 3.8) is 0 Å². The molecule has 0 fully saturated rings. The maximum atomic E-state index is 13.4. The van der Waals surface area contributed by atoms with Gasteiger partial charge < -0.3 is 53.0 Å². The maximum Gasteiger partial charge on any atom is 0.415 e. The Labute approximate surface area is 364 Å². The Morgan fingerprint density at radius 2 is 1.27 bits per heavy atom. The number of nitrogens with one attached hydrogen (secondary N) is 1. The van der Waals surface area contributed by atoms with Gasteiger partial charge in [0.2, 0.25) is 5.91 Å². The van der Waals surface area contributed by atoms with Gasteiger partial charge in [0.05, 0.1) is 46.2 Å². The van der Waals surface area contributed by atoms with Crippen LogP contribution in [0, 0.1) is 0 Å². The summed E-state index contributed by atoms with van der Waals surface area (Å²) in [6, 6.07) is 16.8. The first kappa shape index (κ1) is 52.6. The van der Waals surface area contributed by atoms with Crippen molar-refractivity contribution in [1.82, 2.24) is 20.0 Å².